The molecule has 0 bridgehead atoms. The van der Waals surface area contributed by atoms with Gasteiger partial charge in [-0.3, -0.25) is 4.79 Å². The number of aryl methyl sites for hydroxylation is 3. The summed E-state index contributed by atoms with van der Waals surface area (Å²) in [5.41, 5.74) is 2.17. The molecule has 4 rings (SSSR count). The molecule has 0 aliphatic carbocycles. The summed E-state index contributed by atoms with van der Waals surface area (Å²) in [6, 6.07) is 7.52. The van der Waals surface area contributed by atoms with Crippen LogP contribution in [0.5, 0.6) is 0 Å². The van der Waals surface area contributed by atoms with Crippen LogP contribution in [0.4, 0.5) is 0 Å². The molecule has 1 aliphatic rings. The quantitative estimate of drug-likeness (QED) is 0.643. The van der Waals surface area contributed by atoms with Crippen LogP contribution in [0.25, 0.3) is 11.0 Å². The summed E-state index contributed by atoms with van der Waals surface area (Å²) >= 11 is 0. The highest BCUT2D eigenvalue weighted by Gasteiger charge is 2.35. The number of nitrogens with zero attached hydrogens (tertiary/aromatic N) is 2. The number of amides is 1. The van der Waals surface area contributed by atoms with Gasteiger partial charge in [0.15, 0.2) is 5.76 Å². The Kier molecular flexibility index (Phi) is 5.65. The minimum atomic E-state index is -3.69. The minimum Gasteiger partial charge on any atom is -0.459 e. The molecule has 1 amide bonds. The van der Waals surface area contributed by atoms with Gasteiger partial charge in [0.2, 0.25) is 15.9 Å². The van der Waals surface area contributed by atoms with Gasteiger partial charge in [0.05, 0.1) is 6.04 Å². The summed E-state index contributed by atoms with van der Waals surface area (Å²) in [5.74, 6) is 0.699. The molecule has 9 heteroatoms. The second-order valence-electron chi connectivity index (χ2n) is 8.15. The highest BCUT2D eigenvalue weighted by atomic mass is 32.2. The Hall–Kier alpha value is -2.65. The molecule has 1 atom stereocenters. The maximum Gasteiger partial charge on any atom is 0.248 e. The second kappa shape index (κ2) is 8.12. The number of benzene rings is 1. The zero-order valence-corrected chi connectivity index (χ0v) is 19.0. The van der Waals surface area contributed by atoms with E-state index < -0.39 is 10.0 Å². The largest absolute Gasteiger partial charge is 0.459 e. The van der Waals surface area contributed by atoms with Crippen molar-refractivity contribution in [1.29, 1.82) is 0 Å². The second-order valence-corrected chi connectivity index (χ2v) is 10.0. The third-order valence-corrected chi connectivity index (χ3v) is 8.17. The number of hydrogen-bond donors (Lipinski definition) is 1. The number of sulfonamides is 1. The fourth-order valence-electron chi connectivity index (χ4n) is 4.33. The molecule has 1 saturated heterocycles. The van der Waals surface area contributed by atoms with E-state index in [2.05, 4.69) is 10.5 Å². The van der Waals surface area contributed by atoms with Crippen molar-refractivity contribution < 1.29 is 22.2 Å². The van der Waals surface area contributed by atoms with Gasteiger partial charge in [0.25, 0.3) is 0 Å². The number of rotatable bonds is 5. The van der Waals surface area contributed by atoms with E-state index in [0.717, 1.165) is 22.3 Å². The van der Waals surface area contributed by atoms with Crippen molar-refractivity contribution in [3.8, 4) is 0 Å². The molecule has 0 spiro atoms. The molecule has 1 aliphatic heterocycles. The molecule has 31 heavy (non-hydrogen) atoms. The normalized spacial score (nSPS) is 17.2. The molecule has 3 aromatic rings. The lowest BCUT2D eigenvalue weighted by atomic mass is 9.96. The van der Waals surface area contributed by atoms with Crippen molar-refractivity contribution >= 4 is 26.9 Å². The first-order chi connectivity index (χ1) is 14.7. The summed E-state index contributed by atoms with van der Waals surface area (Å²) in [4.78, 5) is 13.0. The Morgan fingerprint density at radius 1 is 1.19 bits per heavy atom. The Morgan fingerprint density at radius 3 is 2.48 bits per heavy atom. The van der Waals surface area contributed by atoms with Crippen LogP contribution in [-0.4, -0.2) is 36.9 Å². The number of carbonyl (C=O) groups is 1. The highest BCUT2D eigenvalue weighted by molar-refractivity contribution is 7.89. The molecule has 2 aromatic heterocycles. The SMILES string of the molecule is Cc1noc(C)c1S(=O)(=O)N1CCC(C(=O)NC(C)c2oc3ccccc3c2C)CC1. The fraction of sp³-hybridized carbons (Fsp3) is 0.455. The summed E-state index contributed by atoms with van der Waals surface area (Å²) in [7, 11) is -3.69. The lowest BCUT2D eigenvalue weighted by molar-refractivity contribution is -0.126. The number of hydrogen-bond acceptors (Lipinski definition) is 6. The Bertz CT molecular complexity index is 1200. The van der Waals surface area contributed by atoms with E-state index in [1.807, 2.05) is 38.1 Å². The first-order valence-electron chi connectivity index (χ1n) is 10.4. The van der Waals surface area contributed by atoms with Crippen LogP contribution in [0.15, 0.2) is 38.1 Å². The molecule has 1 aromatic carbocycles. The van der Waals surface area contributed by atoms with Gasteiger partial charge in [-0.15, -0.1) is 0 Å². The lowest BCUT2D eigenvalue weighted by Crippen LogP contribution is -2.43. The van der Waals surface area contributed by atoms with Crippen LogP contribution in [0.2, 0.25) is 0 Å². The summed E-state index contributed by atoms with van der Waals surface area (Å²) in [5, 5.41) is 7.83. The van der Waals surface area contributed by atoms with Gasteiger partial charge < -0.3 is 14.3 Å². The number of furan rings is 1. The molecule has 0 radical (unpaired) electrons. The monoisotopic (exact) mass is 445 g/mol. The van der Waals surface area contributed by atoms with Crippen molar-refractivity contribution in [2.45, 2.75) is 51.5 Å². The maximum atomic E-state index is 13.0. The molecule has 1 unspecified atom stereocenters. The van der Waals surface area contributed by atoms with Crippen molar-refractivity contribution in [3.05, 3.63) is 47.0 Å². The van der Waals surface area contributed by atoms with E-state index in [0.29, 0.717) is 18.5 Å². The predicted molar refractivity (Wildman–Crippen MR) is 115 cm³/mol. The average molecular weight is 446 g/mol. The van der Waals surface area contributed by atoms with Crippen LogP contribution in [0.1, 0.15) is 48.6 Å². The number of fused-ring (bicyclic) bond motifs is 1. The Labute approximate surface area is 181 Å². The van der Waals surface area contributed by atoms with Crippen LogP contribution >= 0.6 is 0 Å². The highest BCUT2D eigenvalue weighted by Crippen LogP contribution is 2.31. The zero-order valence-electron chi connectivity index (χ0n) is 18.1. The molecule has 166 valence electrons. The maximum absolute atomic E-state index is 13.0. The number of piperidine rings is 1. The van der Waals surface area contributed by atoms with E-state index in [4.69, 9.17) is 8.94 Å². The Morgan fingerprint density at radius 2 is 1.87 bits per heavy atom. The van der Waals surface area contributed by atoms with Crippen LogP contribution < -0.4 is 5.32 Å². The van der Waals surface area contributed by atoms with Crippen molar-refractivity contribution in [3.63, 3.8) is 0 Å². The first-order valence-corrected chi connectivity index (χ1v) is 11.9. The van der Waals surface area contributed by atoms with E-state index in [1.165, 1.54) is 4.31 Å². The van der Waals surface area contributed by atoms with E-state index >= 15 is 0 Å². The predicted octanol–water partition coefficient (Wildman–Crippen LogP) is 3.62. The van der Waals surface area contributed by atoms with Gasteiger partial charge in [-0.2, -0.15) is 4.31 Å². The van der Waals surface area contributed by atoms with Gasteiger partial charge in [-0.25, -0.2) is 8.42 Å². The van der Waals surface area contributed by atoms with E-state index in [1.54, 1.807) is 13.8 Å². The van der Waals surface area contributed by atoms with Gasteiger partial charge in [-0.05, 0) is 46.6 Å². The summed E-state index contributed by atoms with van der Waals surface area (Å²) in [6.07, 6.45) is 0.917. The van der Waals surface area contributed by atoms with Crippen molar-refractivity contribution in [2.75, 3.05) is 13.1 Å². The molecule has 1 N–H and O–H groups in total. The third kappa shape index (κ3) is 3.87. The third-order valence-electron chi connectivity index (χ3n) is 6.02. The number of para-hydroxylation sites is 1. The topological polar surface area (TPSA) is 106 Å². The van der Waals surface area contributed by atoms with Crippen molar-refractivity contribution in [1.82, 2.24) is 14.8 Å². The molecule has 8 nitrogen and oxygen atoms in total. The number of carbonyl (C=O) groups excluding carboxylic acids is 1. The minimum absolute atomic E-state index is 0.0817. The Balaban J connectivity index is 1.41. The number of aromatic nitrogens is 1. The summed E-state index contributed by atoms with van der Waals surface area (Å²) in [6.45, 7) is 7.66. The van der Waals surface area contributed by atoms with Crippen LogP contribution in [0.3, 0.4) is 0 Å². The molecule has 0 saturated carbocycles. The summed E-state index contributed by atoms with van der Waals surface area (Å²) < 4.78 is 38.3. The van der Waals surface area contributed by atoms with Gasteiger partial charge in [-0.1, -0.05) is 23.4 Å². The van der Waals surface area contributed by atoms with E-state index in [9.17, 15) is 13.2 Å². The number of nitrogens with one attached hydrogen (secondary N) is 1. The smallest absolute Gasteiger partial charge is 0.248 e. The van der Waals surface area contributed by atoms with Gasteiger partial charge >= 0.3 is 0 Å². The van der Waals surface area contributed by atoms with Crippen molar-refractivity contribution in [2.24, 2.45) is 5.92 Å². The van der Waals surface area contributed by atoms with Crippen LogP contribution in [0, 0.1) is 26.7 Å². The van der Waals surface area contributed by atoms with Crippen LogP contribution in [-0.2, 0) is 14.8 Å². The van der Waals surface area contributed by atoms with E-state index in [-0.39, 0.29) is 41.6 Å². The molecular weight excluding hydrogens is 418 g/mol. The zero-order chi connectivity index (χ0) is 22.3. The van der Waals surface area contributed by atoms with Gasteiger partial charge in [0, 0.05) is 30.0 Å². The lowest BCUT2D eigenvalue weighted by Gasteiger charge is -2.31. The molecular formula is C22H27N3O5S. The molecule has 3 heterocycles. The molecule has 1 fully saturated rings. The standard InChI is InChI=1S/C22H27N3O5S/c1-13-18-7-5-6-8-19(18)29-20(13)14(2)23-22(26)17-9-11-25(12-10-17)31(27,28)21-15(3)24-30-16(21)4/h5-8,14,17H,9-12H2,1-4H3,(H,23,26). The average Bonchev–Trinajstić information content (AvgIpc) is 3.27. The van der Waals surface area contributed by atoms with Gasteiger partial charge in [0.1, 0.15) is 21.9 Å². The first kappa shape index (κ1) is 21.6. The fourth-order valence-corrected chi connectivity index (χ4v) is 6.09.